The average Bonchev–Trinajstić information content (AvgIpc) is 3.07. The van der Waals surface area contributed by atoms with Crippen LogP contribution in [0.25, 0.3) is 0 Å². The van der Waals surface area contributed by atoms with E-state index in [1.807, 2.05) is 13.0 Å². The van der Waals surface area contributed by atoms with Crippen molar-refractivity contribution < 1.29 is 4.79 Å². The summed E-state index contributed by atoms with van der Waals surface area (Å²) in [6, 6.07) is 8.46. The van der Waals surface area contributed by atoms with Crippen molar-refractivity contribution >= 4 is 51.7 Å². The van der Waals surface area contributed by atoms with Crippen molar-refractivity contribution in [2.24, 2.45) is 0 Å². The fraction of sp³-hybridized carbons (Fsp3) is 0.333. The van der Waals surface area contributed by atoms with Gasteiger partial charge in [-0.15, -0.1) is 0 Å². The molecule has 2 heterocycles. The first-order chi connectivity index (χ1) is 11.7. The maximum Gasteiger partial charge on any atom is 0.266 e. The second-order valence-electron chi connectivity index (χ2n) is 5.53. The van der Waals surface area contributed by atoms with E-state index in [0.717, 1.165) is 19.4 Å². The van der Waals surface area contributed by atoms with Crippen molar-refractivity contribution in [3.63, 3.8) is 0 Å². The number of anilines is 1. The molecule has 1 aromatic rings. The summed E-state index contributed by atoms with van der Waals surface area (Å²) in [5, 5.41) is 1.17. The number of para-hydroxylation sites is 1. The van der Waals surface area contributed by atoms with Crippen LogP contribution >= 0.6 is 35.7 Å². The Hall–Kier alpha value is -1.24. The number of likely N-dealkylation sites (N-methyl/N-ethyl adjacent to an activating group) is 1. The van der Waals surface area contributed by atoms with E-state index in [1.54, 1.807) is 16.7 Å². The Labute approximate surface area is 157 Å². The summed E-state index contributed by atoms with van der Waals surface area (Å²) in [7, 11) is 0. The number of fused-ring (bicyclic) bond motifs is 1. The summed E-state index contributed by atoms with van der Waals surface area (Å²) in [6.07, 6.45) is 6.28. The third-order valence-electron chi connectivity index (χ3n) is 3.94. The van der Waals surface area contributed by atoms with Crippen LogP contribution in [0.4, 0.5) is 5.69 Å². The molecule has 1 fully saturated rings. The minimum Gasteiger partial charge on any atom is -0.335 e. The molecule has 0 unspecified atom stereocenters. The molecule has 0 aromatic heterocycles. The Balaban J connectivity index is 1.85. The molecule has 0 N–H and O–H groups in total. The molecule has 6 heteroatoms. The third kappa shape index (κ3) is 3.41. The van der Waals surface area contributed by atoms with Crippen LogP contribution in [0.2, 0.25) is 0 Å². The van der Waals surface area contributed by atoms with Gasteiger partial charge in [-0.2, -0.15) is 0 Å². The van der Waals surface area contributed by atoms with Crippen molar-refractivity contribution in [2.75, 3.05) is 18.0 Å². The van der Waals surface area contributed by atoms with E-state index in [1.165, 1.54) is 27.4 Å². The smallest absolute Gasteiger partial charge is 0.266 e. The maximum absolute atomic E-state index is 12.3. The lowest BCUT2D eigenvalue weighted by atomic mass is 10.2. The van der Waals surface area contributed by atoms with E-state index < -0.39 is 0 Å². The van der Waals surface area contributed by atoms with Gasteiger partial charge in [0.05, 0.1) is 15.6 Å². The number of nitrogens with zero attached hydrogens (tertiary/aromatic N) is 2. The lowest BCUT2D eigenvalue weighted by Crippen LogP contribution is -2.27. The monoisotopic (exact) mass is 376 g/mol. The molecule has 1 amide bonds. The van der Waals surface area contributed by atoms with Crippen molar-refractivity contribution in [1.29, 1.82) is 0 Å². The zero-order chi connectivity index (χ0) is 17.1. The van der Waals surface area contributed by atoms with Gasteiger partial charge >= 0.3 is 0 Å². The molecule has 0 spiro atoms. The van der Waals surface area contributed by atoms with Crippen molar-refractivity contribution in [3.05, 3.63) is 46.4 Å². The number of benzene rings is 1. The van der Waals surface area contributed by atoms with Gasteiger partial charge in [0.2, 0.25) is 0 Å². The number of carbonyl (C=O) groups is 1. The first kappa shape index (κ1) is 17.6. The molecular formula is C18H20N2OS3. The fourth-order valence-electron chi connectivity index (χ4n) is 2.66. The molecule has 3 nitrogen and oxygen atoms in total. The molecule has 24 heavy (non-hydrogen) atoms. The van der Waals surface area contributed by atoms with Gasteiger partial charge in [-0.05, 0) is 37.6 Å². The molecular weight excluding hydrogens is 356 g/mol. The summed E-state index contributed by atoms with van der Waals surface area (Å²) < 4.78 is 0.650. The number of hydrogen-bond donors (Lipinski definition) is 0. The Bertz CT molecular complexity index is 727. The largest absolute Gasteiger partial charge is 0.335 e. The number of allylic oxidation sites excluding steroid dienone is 2. The molecule has 0 saturated carbocycles. The Morgan fingerprint density at radius 1 is 1.12 bits per heavy atom. The second-order valence-corrected chi connectivity index (χ2v) is 8.27. The van der Waals surface area contributed by atoms with Gasteiger partial charge in [0.1, 0.15) is 4.32 Å². The van der Waals surface area contributed by atoms with Crippen LogP contribution < -0.4 is 4.90 Å². The molecule has 0 radical (unpaired) electrons. The van der Waals surface area contributed by atoms with Gasteiger partial charge in [0.25, 0.3) is 5.91 Å². The van der Waals surface area contributed by atoms with Crippen LogP contribution in [0.1, 0.15) is 26.7 Å². The topological polar surface area (TPSA) is 23.6 Å². The summed E-state index contributed by atoms with van der Waals surface area (Å²) in [5.41, 5.74) is 1.26. The predicted molar refractivity (Wildman–Crippen MR) is 108 cm³/mol. The predicted octanol–water partition coefficient (Wildman–Crippen LogP) is 5.00. The third-order valence-corrected chi connectivity index (χ3v) is 6.47. The van der Waals surface area contributed by atoms with Crippen molar-refractivity contribution in [3.8, 4) is 0 Å². The van der Waals surface area contributed by atoms with E-state index >= 15 is 0 Å². The zero-order valence-electron chi connectivity index (χ0n) is 13.8. The molecule has 2 aliphatic rings. The number of hydrogen-bond acceptors (Lipinski definition) is 5. The number of unbranched alkanes of at least 4 members (excludes halogenated alkanes) is 1. The van der Waals surface area contributed by atoms with E-state index in [9.17, 15) is 4.79 Å². The van der Waals surface area contributed by atoms with Crippen LogP contribution in [0.3, 0.4) is 0 Å². The van der Waals surface area contributed by atoms with Crippen LogP contribution in [-0.4, -0.2) is 28.2 Å². The highest BCUT2D eigenvalue weighted by Crippen LogP contribution is 2.46. The first-order valence-electron chi connectivity index (χ1n) is 8.15. The lowest BCUT2D eigenvalue weighted by Gasteiger charge is -2.19. The lowest BCUT2D eigenvalue weighted by molar-refractivity contribution is -0.122. The van der Waals surface area contributed by atoms with Crippen LogP contribution in [-0.2, 0) is 4.79 Å². The number of amides is 1. The van der Waals surface area contributed by atoms with Crippen molar-refractivity contribution in [1.82, 2.24) is 4.90 Å². The number of carbonyl (C=O) groups excluding carboxylic acids is 1. The molecule has 0 aliphatic carbocycles. The zero-order valence-corrected chi connectivity index (χ0v) is 16.3. The minimum absolute atomic E-state index is 0.0185. The number of thioether (sulfide) groups is 2. The van der Waals surface area contributed by atoms with Crippen molar-refractivity contribution in [2.45, 2.75) is 31.6 Å². The first-order valence-corrected chi connectivity index (χ1v) is 10.2. The standard InChI is InChI=1S/C18H20N2OS3/c1-3-5-12-20-13-8-6-7-9-14(13)23-16(20)11-10-15-17(21)19(4-2)18(22)24-15/h6-11H,3-5,12H2,1-2H3/b15-10-,16-11-. The molecule has 2 aliphatic heterocycles. The highest BCUT2D eigenvalue weighted by Gasteiger charge is 2.30. The molecule has 3 rings (SSSR count). The van der Waals surface area contributed by atoms with Crippen LogP contribution in [0.15, 0.2) is 51.2 Å². The van der Waals surface area contributed by atoms with Gasteiger partial charge in [-0.3, -0.25) is 9.69 Å². The summed E-state index contributed by atoms with van der Waals surface area (Å²) >= 11 is 8.42. The molecule has 1 saturated heterocycles. The minimum atomic E-state index is 0.0185. The molecule has 1 aromatic carbocycles. The van der Waals surface area contributed by atoms with E-state index in [4.69, 9.17) is 12.2 Å². The molecule has 126 valence electrons. The van der Waals surface area contributed by atoms with E-state index in [2.05, 4.69) is 42.2 Å². The van der Waals surface area contributed by atoms with E-state index in [-0.39, 0.29) is 5.91 Å². The summed E-state index contributed by atoms with van der Waals surface area (Å²) in [5.74, 6) is 0.0185. The second kappa shape index (κ2) is 7.76. The van der Waals surface area contributed by atoms with Gasteiger partial charge in [-0.25, -0.2) is 0 Å². The van der Waals surface area contributed by atoms with Gasteiger partial charge in [-0.1, -0.05) is 61.2 Å². The van der Waals surface area contributed by atoms with Gasteiger partial charge < -0.3 is 4.90 Å². The summed E-state index contributed by atoms with van der Waals surface area (Å²) in [6.45, 7) is 5.77. The molecule has 0 bridgehead atoms. The maximum atomic E-state index is 12.3. The highest BCUT2D eigenvalue weighted by molar-refractivity contribution is 8.26. The Morgan fingerprint density at radius 2 is 1.92 bits per heavy atom. The fourth-order valence-corrected chi connectivity index (χ4v) is 5.07. The quantitative estimate of drug-likeness (QED) is 0.531. The van der Waals surface area contributed by atoms with Gasteiger partial charge in [0, 0.05) is 18.0 Å². The molecule has 0 atom stereocenters. The Morgan fingerprint density at radius 3 is 2.62 bits per heavy atom. The van der Waals surface area contributed by atoms with E-state index in [0.29, 0.717) is 15.8 Å². The average molecular weight is 377 g/mol. The Kier molecular flexibility index (Phi) is 5.69. The summed E-state index contributed by atoms with van der Waals surface area (Å²) in [4.78, 5) is 18.3. The normalized spacial score (nSPS) is 20.6. The van der Waals surface area contributed by atoms with Crippen LogP contribution in [0, 0.1) is 0 Å². The SMILES string of the molecule is CCCCN1/C(=C/C=C2\SC(=S)N(CC)C2=O)Sc2ccccc21. The number of thiocarbonyl (C=S) groups is 1. The number of rotatable bonds is 5. The highest BCUT2D eigenvalue weighted by atomic mass is 32.2. The van der Waals surface area contributed by atoms with Crippen LogP contribution in [0.5, 0.6) is 0 Å². The van der Waals surface area contributed by atoms with Gasteiger partial charge in [0.15, 0.2) is 0 Å².